The number of ether oxygens (including phenoxy) is 5. The number of carbonyl (C=O) groups is 2. The van der Waals surface area contributed by atoms with Gasteiger partial charge in [0.1, 0.15) is 13.2 Å². The maximum atomic E-state index is 11.6. The molecule has 0 aromatic carbocycles. The van der Waals surface area contributed by atoms with Crippen molar-refractivity contribution in [2.45, 2.75) is 76.4 Å². The summed E-state index contributed by atoms with van der Waals surface area (Å²) < 4.78 is 26.8. The number of hydrogen-bond acceptors (Lipinski definition) is 7. The Bertz CT molecular complexity index is 377. The normalized spacial score (nSPS) is 22.1. The van der Waals surface area contributed by atoms with Crippen LogP contribution in [0.2, 0.25) is 0 Å². The molecule has 0 N–H and O–H groups in total. The topological polar surface area (TPSA) is 80.3 Å². The first-order valence-corrected chi connectivity index (χ1v) is 10.4. The zero-order valence-corrected chi connectivity index (χ0v) is 16.3. The average molecular weight is 386 g/mol. The Labute approximate surface area is 162 Å². The molecule has 2 fully saturated rings. The highest BCUT2D eigenvalue weighted by Gasteiger charge is 2.18. The van der Waals surface area contributed by atoms with Gasteiger partial charge in [-0.25, -0.2) is 0 Å². The van der Waals surface area contributed by atoms with Gasteiger partial charge in [-0.05, 0) is 51.4 Å². The van der Waals surface area contributed by atoms with Gasteiger partial charge in [-0.15, -0.1) is 0 Å². The van der Waals surface area contributed by atoms with Crippen molar-refractivity contribution in [3.8, 4) is 0 Å². The minimum atomic E-state index is -0.160. The van der Waals surface area contributed by atoms with E-state index in [-0.39, 0.29) is 24.1 Å². The Balaban J connectivity index is 1.30. The van der Waals surface area contributed by atoms with Crippen molar-refractivity contribution >= 4 is 11.9 Å². The Kier molecular flexibility index (Phi) is 11.4. The van der Waals surface area contributed by atoms with Gasteiger partial charge < -0.3 is 23.7 Å². The molecule has 27 heavy (non-hydrogen) atoms. The van der Waals surface area contributed by atoms with E-state index in [0.29, 0.717) is 39.3 Å². The van der Waals surface area contributed by atoms with E-state index in [4.69, 9.17) is 23.7 Å². The molecule has 2 rings (SSSR count). The van der Waals surface area contributed by atoms with Crippen LogP contribution in [0, 0.1) is 0 Å². The Morgan fingerprint density at radius 2 is 1.22 bits per heavy atom. The van der Waals surface area contributed by atoms with Crippen LogP contribution >= 0.6 is 0 Å². The number of rotatable bonds is 14. The van der Waals surface area contributed by atoms with Crippen LogP contribution in [0.5, 0.6) is 0 Å². The molecule has 0 amide bonds. The highest BCUT2D eigenvalue weighted by molar-refractivity contribution is 5.69. The van der Waals surface area contributed by atoms with Crippen LogP contribution in [-0.4, -0.2) is 63.8 Å². The van der Waals surface area contributed by atoms with Crippen LogP contribution in [-0.2, 0) is 33.3 Å². The molecule has 0 aromatic heterocycles. The first-order valence-electron chi connectivity index (χ1n) is 10.4. The van der Waals surface area contributed by atoms with Crippen LogP contribution in [0.4, 0.5) is 0 Å². The summed E-state index contributed by atoms with van der Waals surface area (Å²) in [5, 5.41) is 0. The van der Waals surface area contributed by atoms with Crippen molar-refractivity contribution < 1.29 is 33.3 Å². The smallest absolute Gasteiger partial charge is 0.305 e. The summed E-state index contributed by atoms with van der Waals surface area (Å²) in [7, 11) is 0. The molecule has 156 valence electrons. The number of carbonyl (C=O) groups excluding carboxylic acids is 2. The van der Waals surface area contributed by atoms with Gasteiger partial charge >= 0.3 is 11.9 Å². The minimum Gasteiger partial charge on any atom is -0.463 e. The monoisotopic (exact) mass is 386 g/mol. The third-order valence-corrected chi connectivity index (χ3v) is 4.75. The molecule has 7 nitrogen and oxygen atoms in total. The second-order valence-corrected chi connectivity index (χ2v) is 7.16. The summed E-state index contributed by atoms with van der Waals surface area (Å²) in [5.41, 5.74) is 0. The zero-order valence-electron chi connectivity index (χ0n) is 16.3. The summed E-state index contributed by atoms with van der Waals surface area (Å²) in [6.07, 6.45) is 8.28. The molecule has 0 unspecified atom stereocenters. The molecular weight excluding hydrogens is 352 g/mol. The lowest BCUT2D eigenvalue weighted by Crippen LogP contribution is -2.17. The average Bonchev–Trinajstić information content (AvgIpc) is 3.37. The Hall–Kier alpha value is -1.18. The van der Waals surface area contributed by atoms with Crippen LogP contribution in [0.25, 0.3) is 0 Å². The lowest BCUT2D eigenvalue weighted by molar-refractivity contribution is -0.147. The van der Waals surface area contributed by atoms with Gasteiger partial charge in [-0.2, -0.15) is 0 Å². The summed E-state index contributed by atoms with van der Waals surface area (Å²) in [6.45, 7) is 3.56. The second kappa shape index (κ2) is 13.9. The van der Waals surface area contributed by atoms with Crippen molar-refractivity contribution in [2.24, 2.45) is 0 Å². The molecule has 0 radical (unpaired) electrons. The van der Waals surface area contributed by atoms with Gasteiger partial charge in [-0.3, -0.25) is 9.59 Å². The number of hydrogen-bond donors (Lipinski definition) is 0. The summed E-state index contributed by atoms with van der Waals surface area (Å²) in [4.78, 5) is 23.2. The van der Waals surface area contributed by atoms with Crippen molar-refractivity contribution in [3.05, 3.63) is 0 Å². The molecule has 2 aliphatic heterocycles. The van der Waals surface area contributed by atoms with E-state index in [1.165, 1.54) is 0 Å². The van der Waals surface area contributed by atoms with E-state index in [1.54, 1.807) is 0 Å². The molecule has 0 aromatic rings. The molecule has 2 heterocycles. The molecule has 0 spiro atoms. The largest absolute Gasteiger partial charge is 0.463 e. The summed E-state index contributed by atoms with van der Waals surface area (Å²) in [6, 6.07) is 0. The van der Waals surface area contributed by atoms with Crippen molar-refractivity contribution in [3.63, 3.8) is 0 Å². The van der Waals surface area contributed by atoms with E-state index < -0.39 is 0 Å². The number of unbranched alkanes of at least 4 members (excludes halogenated alkanes) is 2. The first-order chi connectivity index (χ1) is 13.2. The predicted molar refractivity (Wildman–Crippen MR) is 98.4 cm³/mol. The SMILES string of the molecule is O=C(CCCCOCCCCC(=O)OC[C@H]1CCCO1)OC[C@H]1CCCO1. The third-order valence-electron chi connectivity index (χ3n) is 4.75. The Morgan fingerprint density at radius 1 is 0.741 bits per heavy atom. The standard InChI is InChI=1S/C20H34O7/c21-19(26-15-17-7-5-13-24-17)9-1-3-11-23-12-4-2-10-20(22)27-16-18-8-6-14-25-18/h17-18H,1-16H2/t17-,18-/m1/s1. The Morgan fingerprint density at radius 3 is 1.63 bits per heavy atom. The lowest BCUT2D eigenvalue weighted by atomic mass is 10.2. The van der Waals surface area contributed by atoms with Crippen LogP contribution < -0.4 is 0 Å². The molecule has 0 aliphatic carbocycles. The van der Waals surface area contributed by atoms with Crippen molar-refractivity contribution in [1.29, 1.82) is 0 Å². The van der Waals surface area contributed by atoms with Crippen LogP contribution in [0.15, 0.2) is 0 Å². The lowest BCUT2D eigenvalue weighted by Gasteiger charge is -2.10. The quantitative estimate of drug-likeness (QED) is 0.335. The van der Waals surface area contributed by atoms with E-state index in [0.717, 1.165) is 64.6 Å². The van der Waals surface area contributed by atoms with Gasteiger partial charge in [0.05, 0.1) is 12.2 Å². The fraction of sp³-hybridized carbons (Fsp3) is 0.900. The molecular formula is C20H34O7. The molecule has 2 saturated heterocycles. The molecule has 2 aliphatic rings. The fourth-order valence-electron chi connectivity index (χ4n) is 3.12. The van der Waals surface area contributed by atoms with Gasteiger partial charge in [0.2, 0.25) is 0 Å². The summed E-state index contributed by atoms with van der Waals surface area (Å²) >= 11 is 0. The predicted octanol–water partition coefficient (Wildman–Crippen LogP) is 2.79. The maximum absolute atomic E-state index is 11.6. The molecule has 2 atom stereocenters. The second-order valence-electron chi connectivity index (χ2n) is 7.16. The molecule has 0 bridgehead atoms. The van der Waals surface area contributed by atoms with Crippen molar-refractivity contribution in [2.75, 3.05) is 39.6 Å². The van der Waals surface area contributed by atoms with Crippen molar-refractivity contribution in [1.82, 2.24) is 0 Å². The zero-order chi connectivity index (χ0) is 19.2. The fourth-order valence-corrected chi connectivity index (χ4v) is 3.12. The van der Waals surface area contributed by atoms with Gasteiger partial charge in [0.25, 0.3) is 0 Å². The molecule has 7 heteroatoms. The highest BCUT2D eigenvalue weighted by Crippen LogP contribution is 2.13. The minimum absolute atomic E-state index is 0.0885. The van der Waals surface area contributed by atoms with E-state index in [2.05, 4.69) is 0 Å². The van der Waals surface area contributed by atoms with Gasteiger partial charge in [0, 0.05) is 39.3 Å². The van der Waals surface area contributed by atoms with Crippen LogP contribution in [0.3, 0.4) is 0 Å². The van der Waals surface area contributed by atoms with E-state index in [9.17, 15) is 9.59 Å². The number of esters is 2. The van der Waals surface area contributed by atoms with Crippen LogP contribution in [0.1, 0.15) is 64.2 Å². The highest BCUT2D eigenvalue weighted by atomic mass is 16.6. The van der Waals surface area contributed by atoms with E-state index >= 15 is 0 Å². The first kappa shape index (κ1) is 22.1. The summed E-state index contributed by atoms with van der Waals surface area (Å²) in [5.74, 6) is -0.320. The van der Waals surface area contributed by atoms with Gasteiger partial charge in [0.15, 0.2) is 0 Å². The maximum Gasteiger partial charge on any atom is 0.305 e. The third kappa shape index (κ3) is 10.7. The molecule has 0 saturated carbocycles. The van der Waals surface area contributed by atoms with E-state index in [1.807, 2.05) is 0 Å². The van der Waals surface area contributed by atoms with Gasteiger partial charge in [-0.1, -0.05) is 0 Å².